The van der Waals surface area contributed by atoms with Crippen LogP contribution < -0.4 is 4.89 Å². The minimum Gasteiger partial charge on any atom is -0.744 e. The van der Waals surface area contributed by atoms with Gasteiger partial charge in [-0.1, -0.05) is 70.8 Å². The van der Waals surface area contributed by atoms with E-state index < -0.39 is 10.1 Å². The average Bonchev–Trinajstić information content (AvgIpc) is 2.61. The Bertz CT molecular complexity index is 602. The molecule has 0 N–H and O–H groups in total. The zero-order valence-electron chi connectivity index (χ0n) is 15.9. The van der Waals surface area contributed by atoms with E-state index in [0.717, 1.165) is 36.9 Å². The van der Waals surface area contributed by atoms with Crippen LogP contribution in [0.2, 0.25) is 0 Å². The van der Waals surface area contributed by atoms with Crippen molar-refractivity contribution in [3.8, 4) is 5.75 Å². The summed E-state index contributed by atoms with van der Waals surface area (Å²) in [4.78, 5) is 4.82. The number of rotatable bonds is 15. The fourth-order valence-corrected chi connectivity index (χ4v) is 3.48. The van der Waals surface area contributed by atoms with E-state index in [-0.39, 0.29) is 4.90 Å². The van der Waals surface area contributed by atoms with E-state index in [0.29, 0.717) is 5.75 Å². The number of hydrogen-bond acceptors (Lipinski definition) is 6. The summed E-state index contributed by atoms with van der Waals surface area (Å²) < 4.78 is 38.3. The molecule has 1 aromatic carbocycles. The first-order valence-electron chi connectivity index (χ1n) is 9.45. The van der Waals surface area contributed by atoms with Gasteiger partial charge in [-0.3, -0.25) is 0 Å². The summed E-state index contributed by atoms with van der Waals surface area (Å²) in [5.74, 6) is 0.298. The molecule has 0 amide bonds. The first-order valence-corrected chi connectivity index (χ1v) is 12.0. The van der Waals surface area contributed by atoms with Crippen molar-refractivity contribution < 1.29 is 22.2 Å². The summed E-state index contributed by atoms with van der Waals surface area (Å²) in [5, 5.41) is 0. The van der Waals surface area contributed by atoms with E-state index in [9.17, 15) is 13.0 Å². The molecule has 1 aromatic rings. The predicted molar refractivity (Wildman–Crippen MR) is 105 cm³/mol. The van der Waals surface area contributed by atoms with Crippen LogP contribution in [0.5, 0.6) is 5.75 Å². The van der Waals surface area contributed by atoms with E-state index in [1.54, 1.807) is 12.3 Å². The molecule has 0 heterocycles. The topological polar surface area (TPSA) is 75.7 Å². The predicted octanol–water partition coefficient (Wildman–Crippen LogP) is 5.64. The Morgan fingerprint density at radius 1 is 0.962 bits per heavy atom. The quantitative estimate of drug-likeness (QED) is 0.124. The van der Waals surface area contributed by atoms with Crippen LogP contribution in [0.1, 0.15) is 76.7 Å². The smallest absolute Gasteiger partial charge is 0.171 e. The van der Waals surface area contributed by atoms with Gasteiger partial charge in [-0.2, -0.15) is 0 Å². The summed E-state index contributed by atoms with van der Waals surface area (Å²) in [6.45, 7) is 2.23. The molecule has 0 bridgehead atoms. The molecule has 0 aliphatic rings. The van der Waals surface area contributed by atoms with Gasteiger partial charge >= 0.3 is 0 Å². The lowest BCUT2D eigenvalue weighted by Crippen LogP contribution is -2.02. The molecule has 0 saturated heterocycles. The minimum absolute atomic E-state index is 0.298. The van der Waals surface area contributed by atoms with E-state index in [2.05, 4.69) is 6.92 Å². The molecule has 150 valence electrons. The summed E-state index contributed by atoms with van der Waals surface area (Å²) in [7, 11) is -4.50. The summed E-state index contributed by atoms with van der Waals surface area (Å²) in [6.07, 6.45) is 15.0. The van der Waals surface area contributed by atoms with Crippen molar-refractivity contribution in [1.29, 1.82) is 0 Å². The maximum atomic E-state index is 11.2. The molecule has 5 nitrogen and oxygen atoms in total. The Hall–Kier alpha value is -0.760. The normalized spacial score (nSPS) is 11.7. The molecule has 0 aliphatic carbocycles. The van der Waals surface area contributed by atoms with Gasteiger partial charge in [0.05, 0.1) is 4.90 Å². The van der Waals surface area contributed by atoms with Gasteiger partial charge in [0.15, 0.2) is 5.75 Å². The third-order valence-electron chi connectivity index (χ3n) is 4.32. The van der Waals surface area contributed by atoms with Gasteiger partial charge in [-0.15, -0.1) is 4.33 Å². The second-order valence-electron chi connectivity index (χ2n) is 6.47. The largest absolute Gasteiger partial charge is 0.744 e. The van der Waals surface area contributed by atoms with Crippen LogP contribution in [0, 0.1) is 0 Å². The molecule has 0 atom stereocenters. The van der Waals surface area contributed by atoms with Crippen LogP contribution in [0.3, 0.4) is 0 Å². The van der Waals surface area contributed by atoms with Gasteiger partial charge in [-0.25, -0.2) is 8.42 Å². The number of unbranched alkanes of at least 4 members (excludes halogenated alkanes) is 9. The second kappa shape index (κ2) is 13.4. The SMILES string of the molecule is CCCCCCCCCCCCc1ccc(S(=O)(=O)[O-])cc1OOSC. The van der Waals surface area contributed by atoms with Crippen molar-refractivity contribution in [3.05, 3.63) is 23.8 Å². The Balaban J connectivity index is 2.37. The molecule has 0 spiro atoms. The van der Waals surface area contributed by atoms with Gasteiger partial charge in [0.2, 0.25) is 0 Å². The zero-order valence-corrected chi connectivity index (χ0v) is 17.5. The van der Waals surface area contributed by atoms with Crippen molar-refractivity contribution in [3.63, 3.8) is 0 Å². The molecule has 26 heavy (non-hydrogen) atoms. The Morgan fingerprint density at radius 3 is 2.08 bits per heavy atom. The maximum absolute atomic E-state index is 11.2. The summed E-state index contributed by atoms with van der Waals surface area (Å²) >= 11 is 1.01. The Labute approximate surface area is 162 Å². The van der Waals surface area contributed by atoms with Crippen molar-refractivity contribution in [2.24, 2.45) is 0 Å². The van der Waals surface area contributed by atoms with Crippen LogP contribution in [0.25, 0.3) is 0 Å². The summed E-state index contributed by atoms with van der Waals surface area (Å²) in [6, 6.07) is 4.21. The lowest BCUT2D eigenvalue weighted by molar-refractivity contribution is -0.0782. The highest BCUT2D eigenvalue weighted by Gasteiger charge is 2.10. The molecule has 0 radical (unpaired) electrons. The fraction of sp³-hybridized carbons (Fsp3) is 0.684. The van der Waals surface area contributed by atoms with Crippen LogP contribution in [-0.2, 0) is 20.9 Å². The van der Waals surface area contributed by atoms with Crippen molar-refractivity contribution in [1.82, 2.24) is 0 Å². The van der Waals surface area contributed by atoms with E-state index in [1.807, 2.05) is 0 Å². The van der Waals surface area contributed by atoms with Gasteiger partial charge in [0.25, 0.3) is 0 Å². The van der Waals surface area contributed by atoms with Crippen LogP contribution in [0.15, 0.2) is 23.1 Å². The Morgan fingerprint density at radius 2 is 1.54 bits per heavy atom. The van der Waals surface area contributed by atoms with Gasteiger partial charge in [0.1, 0.15) is 10.1 Å². The molecule has 0 unspecified atom stereocenters. The number of aryl methyl sites for hydroxylation is 1. The lowest BCUT2D eigenvalue weighted by atomic mass is 10.0. The van der Waals surface area contributed by atoms with Crippen molar-refractivity contribution in [2.75, 3.05) is 6.26 Å². The second-order valence-corrected chi connectivity index (χ2v) is 8.32. The van der Waals surface area contributed by atoms with Crippen LogP contribution >= 0.6 is 12.0 Å². The Kier molecular flexibility index (Phi) is 12.0. The fourth-order valence-electron chi connectivity index (χ4n) is 2.85. The molecule has 0 aromatic heterocycles. The summed E-state index contributed by atoms with van der Waals surface area (Å²) in [5.41, 5.74) is 0.853. The molecule has 0 aliphatic heterocycles. The molecular formula is C19H31O5S2-. The molecule has 0 saturated carbocycles. The van der Waals surface area contributed by atoms with E-state index in [4.69, 9.17) is 9.22 Å². The lowest BCUT2D eigenvalue weighted by Gasteiger charge is -2.12. The standard InChI is InChI=1S/C19H32O5S2/c1-3-4-5-6-7-8-9-10-11-12-13-17-14-15-18(26(20,21)22)16-19(17)23-24-25-2/h14-16H,3-13H2,1-2H3,(H,20,21,22)/p-1. The molecular weight excluding hydrogens is 372 g/mol. The highest BCUT2D eigenvalue weighted by molar-refractivity contribution is 7.93. The third-order valence-corrected chi connectivity index (χ3v) is 5.35. The van der Waals surface area contributed by atoms with Gasteiger partial charge in [-0.05, 0) is 24.5 Å². The van der Waals surface area contributed by atoms with Crippen LogP contribution in [0.4, 0.5) is 0 Å². The van der Waals surface area contributed by atoms with E-state index >= 15 is 0 Å². The molecule has 7 heteroatoms. The van der Waals surface area contributed by atoms with Gasteiger partial charge in [0, 0.05) is 24.4 Å². The zero-order chi connectivity index (χ0) is 19.3. The average molecular weight is 404 g/mol. The van der Waals surface area contributed by atoms with Gasteiger partial charge < -0.3 is 9.44 Å². The minimum atomic E-state index is -4.50. The van der Waals surface area contributed by atoms with Crippen molar-refractivity contribution >= 4 is 22.2 Å². The third kappa shape index (κ3) is 9.80. The molecule has 1 rings (SSSR count). The van der Waals surface area contributed by atoms with E-state index in [1.165, 1.54) is 63.5 Å². The van der Waals surface area contributed by atoms with Crippen molar-refractivity contribution in [2.45, 2.75) is 82.4 Å². The monoisotopic (exact) mass is 403 g/mol. The first kappa shape index (κ1) is 23.3. The number of benzene rings is 1. The molecule has 0 fully saturated rings. The van der Waals surface area contributed by atoms with Crippen LogP contribution in [-0.4, -0.2) is 19.2 Å². The first-order chi connectivity index (χ1) is 12.5. The highest BCUT2D eigenvalue weighted by atomic mass is 32.2. The highest BCUT2D eigenvalue weighted by Crippen LogP contribution is 2.26. The number of hydrogen-bond donors (Lipinski definition) is 0. The maximum Gasteiger partial charge on any atom is 0.171 e.